The van der Waals surface area contributed by atoms with Gasteiger partial charge in [0.15, 0.2) is 11.4 Å². The van der Waals surface area contributed by atoms with Crippen LogP contribution in [0.3, 0.4) is 0 Å². The van der Waals surface area contributed by atoms with Gasteiger partial charge < -0.3 is 19.7 Å². The van der Waals surface area contributed by atoms with E-state index in [9.17, 15) is 24.6 Å². The van der Waals surface area contributed by atoms with Gasteiger partial charge in [0.05, 0.1) is 6.10 Å². The van der Waals surface area contributed by atoms with Crippen LogP contribution in [0.2, 0.25) is 0 Å². The lowest BCUT2D eigenvalue weighted by atomic mass is 9.46. The Hall–Kier alpha value is -1.83. The summed E-state index contributed by atoms with van der Waals surface area (Å²) < 4.78 is 10.7. The van der Waals surface area contributed by atoms with Gasteiger partial charge in [-0.15, -0.1) is 0 Å². The van der Waals surface area contributed by atoms with Crippen LogP contribution in [0.25, 0.3) is 0 Å². The van der Waals surface area contributed by atoms with E-state index in [0.717, 1.165) is 18.4 Å². The molecular weight excluding hydrogens is 400 g/mol. The Bertz CT molecular complexity index is 860. The van der Waals surface area contributed by atoms with Gasteiger partial charge in [-0.1, -0.05) is 25.5 Å². The van der Waals surface area contributed by atoms with Crippen molar-refractivity contribution in [3.63, 3.8) is 0 Å². The number of carbonyl (C=O) groups excluding carboxylic acids is 3. The summed E-state index contributed by atoms with van der Waals surface area (Å²) in [5.74, 6) is -1.08. The van der Waals surface area contributed by atoms with Crippen molar-refractivity contribution in [3.8, 4) is 0 Å². The topological polar surface area (TPSA) is 110 Å². The maximum absolute atomic E-state index is 13.0. The molecule has 31 heavy (non-hydrogen) atoms. The molecule has 0 radical (unpaired) electrons. The van der Waals surface area contributed by atoms with Crippen LogP contribution in [0.4, 0.5) is 0 Å². The fourth-order valence-corrected chi connectivity index (χ4v) is 7.47. The first kappa shape index (κ1) is 22.4. The number of fused-ring (bicyclic) bond motifs is 5. The summed E-state index contributed by atoms with van der Waals surface area (Å²) in [7, 11) is 1.38. The maximum Gasteiger partial charge on any atom is 0.333 e. The van der Waals surface area contributed by atoms with Crippen molar-refractivity contribution >= 4 is 17.5 Å². The molecule has 0 amide bonds. The van der Waals surface area contributed by atoms with Crippen molar-refractivity contribution in [2.45, 2.75) is 57.7 Å². The smallest absolute Gasteiger partial charge is 0.333 e. The number of hydrogen-bond acceptors (Lipinski definition) is 7. The molecule has 4 aliphatic rings. The number of aliphatic hydroxyl groups excluding tert-OH is 2. The number of aliphatic hydroxyl groups is 2. The quantitative estimate of drug-likeness (QED) is 0.637. The number of hydrogen-bond donors (Lipinski definition) is 2. The number of methoxy groups -OCH3 is 1. The molecule has 1 unspecified atom stereocenters. The third-order valence-corrected chi connectivity index (χ3v) is 8.76. The van der Waals surface area contributed by atoms with E-state index in [-0.39, 0.29) is 36.6 Å². The van der Waals surface area contributed by atoms with Crippen LogP contribution < -0.4 is 0 Å². The molecule has 0 aliphatic heterocycles. The summed E-state index contributed by atoms with van der Waals surface area (Å²) in [6.07, 6.45) is 7.36. The molecule has 3 saturated carbocycles. The van der Waals surface area contributed by atoms with Gasteiger partial charge in [0.25, 0.3) is 0 Å². The Morgan fingerprint density at radius 3 is 2.68 bits per heavy atom. The predicted molar refractivity (Wildman–Crippen MR) is 111 cm³/mol. The molecule has 0 spiro atoms. The molecule has 170 valence electrons. The number of Topliss-reactive ketones (excluding diaryl/α,β-unsaturated/α-hetero) is 1. The molecule has 0 aromatic carbocycles. The number of ether oxygens (including phenoxy) is 2. The summed E-state index contributed by atoms with van der Waals surface area (Å²) in [6.45, 7) is 3.01. The fourth-order valence-electron chi connectivity index (χ4n) is 7.47. The number of esters is 1. The summed E-state index contributed by atoms with van der Waals surface area (Å²) in [5, 5.41) is 21.2. The van der Waals surface area contributed by atoms with E-state index in [1.165, 1.54) is 7.11 Å². The minimum absolute atomic E-state index is 0.0143. The van der Waals surface area contributed by atoms with Crippen molar-refractivity contribution < 1.29 is 34.1 Å². The van der Waals surface area contributed by atoms with E-state index < -0.39 is 40.9 Å². The van der Waals surface area contributed by atoms with E-state index in [1.54, 1.807) is 12.2 Å². The van der Waals surface area contributed by atoms with Crippen LogP contribution in [0.15, 0.2) is 23.8 Å². The van der Waals surface area contributed by atoms with Crippen molar-refractivity contribution in [1.82, 2.24) is 0 Å². The molecular formula is C24H32O7. The Balaban J connectivity index is 1.73. The van der Waals surface area contributed by atoms with Gasteiger partial charge in [0.2, 0.25) is 5.78 Å². The molecule has 3 fully saturated rings. The van der Waals surface area contributed by atoms with E-state index in [1.807, 2.05) is 13.0 Å². The molecule has 4 aliphatic carbocycles. The number of ketones is 2. The first-order chi connectivity index (χ1) is 14.6. The van der Waals surface area contributed by atoms with Gasteiger partial charge in [0, 0.05) is 23.9 Å². The van der Waals surface area contributed by atoms with Gasteiger partial charge in [-0.25, -0.2) is 4.79 Å². The molecule has 7 nitrogen and oxygen atoms in total. The summed E-state index contributed by atoms with van der Waals surface area (Å²) in [5.41, 5.74) is -1.60. The van der Waals surface area contributed by atoms with Crippen molar-refractivity contribution in [3.05, 3.63) is 23.8 Å². The van der Waals surface area contributed by atoms with E-state index in [2.05, 4.69) is 6.92 Å². The van der Waals surface area contributed by atoms with Crippen molar-refractivity contribution in [1.29, 1.82) is 0 Å². The Morgan fingerprint density at radius 1 is 1.26 bits per heavy atom. The average molecular weight is 433 g/mol. The Morgan fingerprint density at radius 2 is 2.00 bits per heavy atom. The zero-order valence-electron chi connectivity index (χ0n) is 18.4. The second kappa shape index (κ2) is 7.64. The zero-order chi connectivity index (χ0) is 22.6. The minimum atomic E-state index is -1.47. The highest BCUT2D eigenvalue weighted by Gasteiger charge is 2.70. The van der Waals surface area contributed by atoms with E-state index in [0.29, 0.717) is 12.8 Å². The third-order valence-electron chi connectivity index (χ3n) is 8.76. The monoisotopic (exact) mass is 432 g/mol. The second-order valence-electron chi connectivity index (χ2n) is 10.1. The number of carbonyl (C=O) groups is 3. The molecule has 7 heteroatoms. The minimum Gasteiger partial charge on any atom is -0.449 e. The molecule has 0 aromatic rings. The lowest BCUT2D eigenvalue weighted by molar-refractivity contribution is -0.202. The summed E-state index contributed by atoms with van der Waals surface area (Å²) in [4.78, 5) is 37.3. The average Bonchev–Trinajstić information content (AvgIpc) is 3.00. The molecule has 0 bridgehead atoms. The summed E-state index contributed by atoms with van der Waals surface area (Å²) in [6, 6.07) is 0. The van der Waals surface area contributed by atoms with Crippen LogP contribution >= 0.6 is 0 Å². The molecule has 0 saturated heterocycles. The van der Waals surface area contributed by atoms with Crippen LogP contribution in [0.1, 0.15) is 46.0 Å². The van der Waals surface area contributed by atoms with Crippen LogP contribution in [0, 0.1) is 28.6 Å². The van der Waals surface area contributed by atoms with Crippen LogP contribution in [0.5, 0.6) is 0 Å². The first-order valence-corrected chi connectivity index (χ1v) is 11.1. The van der Waals surface area contributed by atoms with Gasteiger partial charge in [-0.3, -0.25) is 9.59 Å². The number of allylic oxidation sites excluding steroid dienone is 4. The molecule has 7 atom stereocenters. The molecule has 4 rings (SSSR count). The molecule has 0 heterocycles. The first-order valence-electron chi connectivity index (χ1n) is 11.1. The highest BCUT2D eigenvalue weighted by atomic mass is 16.6. The van der Waals surface area contributed by atoms with Gasteiger partial charge in [-0.05, 0) is 56.1 Å². The zero-order valence-corrected chi connectivity index (χ0v) is 18.4. The Labute approximate surface area is 182 Å². The van der Waals surface area contributed by atoms with Crippen LogP contribution in [-0.4, -0.2) is 59.8 Å². The highest BCUT2D eigenvalue weighted by molar-refractivity contribution is 6.01. The highest BCUT2D eigenvalue weighted by Crippen LogP contribution is 2.67. The van der Waals surface area contributed by atoms with Gasteiger partial charge in [0.1, 0.15) is 13.2 Å². The maximum atomic E-state index is 13.0. The standard InChI is InChI=1S/C24H32O7/c1-22-8-6-15(26)10-14(22)4-5-16-17-7-9-24(19(28)12-25,31-20(29)13-30-3)23(17,2)11-18(27)21(16)22/h6,8,10,16-18,21,25,27H,4-5,7,9,11-13H2,1-3H3/t16-,17-,18?,21+,22-,23-,24-/m0/s1. The lowest BCUT2D eigenvalue weighted by Gasteiger charge is -2.59. The lowest BCUT2D eigenvalue weighted by Crippen LogP contribution is -2.63. The molecule has 2 N–H and O–H groups in total. The number of rotatable bonds is 5. The molecule has 0 aromatic heterocycles. The SMILES string of the molecule is COCC(=O)O[C@]1(C(=O)CO)CC[C@H]2[C@@H]3CCC4=CC(=O)C=C[C@]4(C)[C@H]3C(O)C[C@@]21C. The Kier molecular flexibility index (Phi) is 5.51. The van der Waals surface area contributed by atoms with Crippen LogP contribution in [-0.2, 0) is 23.9 Å². The largest absolute Gasteiger partial charge is 0.449 e. The fraction of sp³-hybridized carbons (Fsp3) is 0.708. The predicted octanol–water partition coefficient (Wildman–Crippen LogP) is 1.75. The third kappa shape index (κ3) is 3.08. The van der Waals surface area contributed by atoms with E-state index in [4.69, 9.17) is 9.47 Å². The normalized spacial score (nSPS) is 43.5. The summed E-state index contributed by atoms with van der Waals surface area (Å²) >= 11 is 0. The second-order valence-corrected chi connectivity index (χ2v) is 10.1. The van der Waals surface area contributed by atoms with Gasteiger partial charge >= 0.3 is 5.97 Å². The van der Waals surface area contributed by atoms with Crippen molar-refractivity contribution in [2.24, 2.45) is 28.6 Å². The van der Waals surface area contributed by atoms with E-state index >= 15 is 0 Å². The van der Waals surface area contributed by atoms with Gasteiger partial charge in [-0.2, -0.15) is 0 Å². The van der Waals surface area contributed by atoms with Crippen molar-refractivity contribution in [2.75, 3.05) is 20.3 Å².